The number of rotatable bonds is 4. The average molecular weight is 397 g/mol. The first-order valence-corrected chi connectivity index (χ1v) is 7.76. The lowest BCUT2D eigenvalue weighted by atomic mass is 10.1. The third-order valence-corrected chi connectivity index (χ3v) is 4.26. The van der Waals surface area contributed by atoms with Crippen molar-refractivity contribution in [2.24, 2.45) is 5.73 Å². The van der Waals surface area contributed by atoms with E-state index in [2.05, 4.69) is 10.3 Å². The largest absolute Gasteiger partial charge is 0.349 e. The highest BCUT2D eigenvalue weighted by Gasteiger charge is 2.18. The molecule has 0 spiro atoms. The second-order valence-electron chi connectivity index (χ2n) is 5.61. The second-order valence-corrected chi connectivity index (χ2v) is 7.05. The molecule has 0 fully saturated rings. The molecule has 128 valence electrons. The lowest BCUT2D eigenvalue weighted by Gasteiger charge is -2.18. The molecule has 4 nitrogen and oxygen atoms in total. The summed E-state index contributed by atoms with van der Waals surface area (Å²) >= 11 is 7.25. The molecule has 1 amide bonds. The Bertz CT molecular complexity index is 651. The summed E-state index contributed by atoms with van der Waals surface area (Å²) in [4.78, 5) is 17.3. The Morgan fingerprint density at radius 3 is 2.39 bits per heavy atom. The van der Waals surface area contributed by atoms with E-state index in [0.717, 1.165) is 16.3 Å². The second kappa shape index (κ2) is 8.85. The normalized spacial score (nSPS) is 10.5. The minimum atomic E-state index is -0.437. The van der Waals surface area contributed by atoms with Gasteiger partial charge in [0.05, 0.1) is 5.69 Å². The number of hydrogen-bond donors (Lipinski definition) is 2. The highest BCUT2D eigenvalue weighted by molar-refractivity contribution is 7.17. The number of carbonyl (C=O) groups is 1. The summed E-state index contributed by atoms with van der Waals surface area (Å²) < 4.78 is 0. The molecule has 0 unspecified atom stereocenters. The van der Waals surface area contributed by atoms with Crippen molar-refractivity contribution in [2.45, 2.75) is 26.3 Å². The number of benzene rings is 1. The Morgan fingerprint density at radius 1 is 1.30 bits per heavy atom. The van der Waals surface area contributed by atoms with Crippen molar-refractivity contribution in [3.63, 3.8) is 0 Å². The van der Waals surface area contributed by atoms with Gasteiger partial charge in [0, 0.05) is 22.7 Å². The minimum Gasteiger partial charge on any atom is -0.349 e. The monoisotopic (exact) mass is 395 g/mol. The first-order chi connectivity index (χ1) is 9.76. The highest BCUT2D eigenvalue weighted by atomic mass is 35.5. The lowest BCUT2D eigenvalue weighted by molar-refractivity contribution is 0.0949. The topological polar surface area (TPSA) is 68.0 Å². The summed E-state index contributed by atoms with van der Waals surface area (Å²) in [6.45, 7) is 5.98. The number of nitrogens with one attached hydrogen (secondary N) is 1. The molecule has 8 heteroatoms. The molecular weight excluding hydrogens is 377 g/mol. The number of aromatic nitrogens is 1. The van der Waals surface area contributed by atoms with E-state index < -0.39 is 5.54 Å². The highest BCUT2D eigenvalue weighted by Crippen LogP contribution is 2.28. The number of nitrogens with zero attached hydrogens (tertiary/aromatic N) is 1. The van der Waals surface area contributed by atoms with Crippen LogP contribution < -0.4 is 11.1 Å². The molecule has 1 heterocycles. The lowest BCUT2D eigenvalue weighted by Crippen LogP contribution is -2.45. The van der Waals surface area contributed by atoms with Gasteiger partial charge in [-0.2, -0.15) is 0 Å². The van der Waals surface area contributed by atoms with Crippen LogP contribution in [0.3, 0.4) is 0 Å². The zero-order valence-electron chi connectivity index (χ0n) is 13.1. The van der Waals surface area contributed by atoms with Crippen LogP contribution in [0.2, 0.25) is 5.02 Å². The summed E-state index contributed by atoms with van der Waals surface area (Å²) in [6.07, 6.45) is 0. The Morgan fingerprint density at radius 2 is 1.87 bits per heavy atom. The van der Waals surface area contributed by atoms with Gasteiger partial charge in [0.1, 0.15) is 9.88 Å². The fraction of sp³-hybridized carbons (Fsp3) is 0.333. The standard InChI is InChI=1S/C15H18ClN3OS.2ClH/c1-9-12(13(20)18-8-15(2,3)17)21-14(19-9)10-4-6-11(16)7-5-10;;/h4-7H,8,17H2,1-3H3,(H,18,20);2*1H. The number of halogens is 3. The third-order valence-electron chi connectivity index (χ3n) is 2.80. The van der Waals surface area contributed by atoms with Crippen molar-refractivity contribution in [3.05, 3.63) is 39.9 Å². The van der Waals surface area contributed by atoms with E-state index in [0.29, 0.717) is 16.4 Å². The van der Waals surface area contributed by atoms with Crippen molar-refractivity contribution in [3.8, 4) is 10.6 Å². The summed E-state index contributed by atoms with van der Waals surface area (Å²) in [7, 11) is 0. The first kappa shape index (κ1) is 22.1. The first-order valence-electron chi connectivity index (χ1n) is 6.57. The summed E-state index contributed by atoms with van der Waals surface area (Å²) in [5, 5.41) is 4.32. The van der Waals surface area contributed by atoms with Crippen LogP contribution in [-0.2, 0) is 0 Å². The van der Waals surface area contributed by atoms with Gasteiger partial charge in [-0.1, -0.05) is 23.7 Å². The maximum absolute atomic E-state index is 12.2. The van der Waals surface area contributed by atoms with E-state index in [9.17, 15) is 4.79 Å². The number of aryl methyl sites for hydroxylation is 1. The molecule has 0 saturated carbocycles. The van der Waals surface area contributed by atoms with Crippen LogP contribution in [0.4, 0.5) is 0 Å². The fourth-order valence-corrected chi connectivity index (χ4v) is 2.83. The van der Waals surface area contributed by atoms with Crippen molar-refractivity contribution < 1.29 is 4.79 Å². The summed E-state index contributed by atoms with van der Waals surface area (Å²) in [5.41, 5.74) is 7.10. The van der Waals surface area contributed by atoms with Gasteiger partial charge in [0.2, 0.25) is 0 Å². The number of thiazole rings is 1. The molecule has 0 radical (unpaired) electrons. The Balaban J connectivity index is 0.00000242. The smallest absolute Gasteiger partial charge is 0.263 e. The molecule has 0 saturated heterocycles. The van der Waals surface area contributed by atoms with E-state index >= 15 is 0 Å². The molecule has 0 bridgehead atoms. The molecular formula is C15H20Cl3N3OS. The predicted molar refractivity (Wildman–Crippen MR) is 102 cm³/mol. The van der Waals surface area contributed by atoms with E-state index in [1.54, 1.807) is 0 Å². The van der Waals surface area contributed by atoms with E-state index in [1.165, 1.54) is 11.3 Å². The Labute approximate surface area is 157 Å². The molecule has 0 atom stereocenters. The number of amides is 1. The van der Waals surface area contributed by atoms with Crippen LogP contribution in [0.15, 0.2) is 24.3 Å². The van der Waals surface area contributed by atoms with Crippen LogP contribution in [0.5, 0.6) is 0 Å². The maximum atomic E-state index is 12.2. The van der Waals surface area contributed by atoms with Gasteiger partial charge in [-0.3, -0.25) is 4.79 Å². The molecule has 0 aliphatic carbocycles. The maximum Gasteiger partial charge on any atom is 0.263 e. The molecule has 2 rings (SSSR count). The summed E-state index contributed by atoms with van der Waals surface area (Å²) in [6, 6.07) is 7.41. The van der Waals surface area contributed by atoms with Crippen molar-refractivity contribution >= 4 is 53.7 Å². The van der Waals surface area contributed by atoms with Gasteiger partial charge in [0.25, 0.3) is 5.91 Å². The van der Waals surface area contributed by atoms with Crippen molar-refractivity contribution in [1.82, 2.24) is 10.3 Å². The molecule has 23 heavy (non-hydrogen) atoms. The van der Waals surface area contributed by atoms with E-state index in [4.69, 9.17) is 17.3 Å². The van der Waals surface area contributed by atoms with Crippen LogP contribution in [0, 0.1) is 6.92 Å². The Kier molecular flexibility index (Phi) is 8.52. The van der Waals surface area contributed by atoms with E-state index in [-0.39, 0.29) is 30.7 Å². The molecule has 0 aliphatic rings. The zero-order valence-corrected chi connectivity index (χ0v) is 16.3. The van der Waals surface area contributed by atoms with Gasteiger partial charge >= 0.3 is 0 Å². The van der Waals surface area contributed by atoms with Gasteiger partial charge in [-0.25, -0.2) is 4.98 Å². The predicted octanol–water partition coefficient (Wildman–Crippen LogP) is 4.08. The van der Waals surface area contributed by atoms with Gasteiger partial charge in [0.15, 0.2) is 0 Å². The molecule has 1 aromatic carbocycles. The van der Waals surface area contributed by atoms with E-state index in [1.807, 2.05) is 45.0 Å². The minimum absolute atomic E-state index is 0. The quantitative estimate of drug-likeness (QED) is 0.818. The molecule has 2 aromatic rings. The van der Waals surface area contributed by atoms with Gasteiger partial charge < -0.3 is 11.1 Å². The number of carbonyl (C=O) groups excluding carboxylic acids is 1. The number of hydrogen-bond acceptors (Lipinski definition) is 4. The number of nitrogens with two attached hydrogens (primary N) is 1. The SMILES string of the molecule is Cc1nc(-c2ccc(Cl)cc2)sc1C(=O)NCC(C)(C)N.Cl.Cl. The Hall–Kier alpha value is -0.850. The van der Waals surface area contributed by atoms with Crippen molar-refractivity contribution in [1.29, 1.82) is 0 Å². The average Bonchev–Trinajstić information content (AvgIpc) is 2.78. The molecule has 1 aromatic heterocycles. The van der Waals surface area contributed by atoms with Crippen molar-refractivity contribution in [2.75, 3.05) is 6.54 Å². The summed E-state index contributed by atoms with van der Waals surface area (Å²) in [5.74, 6) is -0.135. The zero-order chi connectivity index (χ0) is 15.6. The molecule has 0 aliphatic heterocycles. The fourth-order valence-electron chi connectivity index (χ4n) is 1.71. The van der Waals surface area contributed by atoms with Crippen LogP contribution in [0.1, 0.15) is 29.2 Å². The third kappa shape index (κ3) is 6.28. The molecule has 3 N–H and O–H groups in total. The van der Waals surface area contributed by atoms with Gasteiger partial charge in [-0.15, -0.1) is 36.2 Å². The van der Waals surface area contributed by atoms with Crippen LogP contribution >= 0.6 is 47.8 Å². The van der Waals surface area contributed by atoms with Crippen LogP contribution in [0.25, 0.3) is 10.6 Å². The van der Waals surface area contributed by atoms with Gasteiger partial charge in [-0.05, 0) is 32.9 Å². The van der Waals surface area contributed by atoms with Crippen LogP contribution in [-0.4, -0.2) is 23.0 Å².